The predicted octanol–water partition coefficient (Wildman–Crippen LogP) is 1.68. The lowest BCUT2D eigenvalue weighted by molar-refractivity contribution is 0.264. The second-order valence-electron chi connectivity index (χ2n) is 5.57. The van der Waals surface area contributed by atoms with Gasteiger partial charge in [0.05, 0.1) is 4.90 Å². The summed E-state index contributed by atoms with van der Waals surface area (Å²) in [4.78, 5) is 2.32. The van der Waals surface area contributed by atoms with Crippen LogP contribution in [-0.2, 0) is 10.0 Å². The Kier molecular flexibility index (Phi) is 4.59. The predicted molar refractivity (Wildman–Crippen MR) is 90.5 cm³/mol. The van der Waals surface area contributed by atoms with E-state index in [0.29, 0.717) is 37.2 Å². The number of benzene rings is 1. The molecule has 0 atom stereocenters. The van der Waals surface area contributed by atoms with Gasteiger partial charge in [0.25, 0.3) is 0 Å². The molecule has 1 aliphatic carbocycles. The van der Waals surface area contributed by atoms with Crippen molar-refractivity contribution in [2.45, 2.75) is 23.8 Å². The van der Waals surface area contributed by atoms with Crippen LogP contribution < -0.4 is 5.32 Å². The van der Waals surface area contributed by atoms with Crippen molar-refractivity contribution in [3.05, 3.63) is 29.3 Å². The highest BCUT2D eigenvalue weighted by molar-refractivity contribution is 7.89. The smallest absolute Gasteiger partial charge is 0.243 e. The lowest BCUT2D eigenvalue weighted by atomic mass is 10.4. The zero-order valence-electron chi connectivity index (χ0n) is 12.0. The van der Waals surface area contributed by atoms with Gasteiger partial charge in [-0.2, -0.15) is 4.31 Å². The highest BCUT2D eigenvalue weighted by Gasteiger charge is 2.30. The molecule has 0 radical (unpaired) electrons. The van der Waals surface area contributed by atoms with Crippen LogP contribution in [0.3, 0.4) is 0 Å². The number of nitrogens with one attached hydrogen (secondary N) is 1. The van der Waals surface area contributed by atoms with E-state index in [-0.39, 0.29) is 4.90 Å². The molecule has 0 bridgehead atoms. The van der Waals surface area contributed by atoms with E-state index in [9.17, 15) is 8.42 Å². The molecule has 1 saturated carbocycles. The fourth-order valence-corrected chi connectivity index (χ4v) is 4.28. The molecule has 0 aromatic heterocycles. The Labute approximate surface area is 141 Å². The van der Waals surface area contributed by atoms with Crippen molar-refractivity contribution in [1.29, 1.82) is 0 Å². The molecule has 0 spiro atoms. The molecule has 5 nitrogen and oxygen atoms in total. The lowest BCUT2D eigenvalue weighted by Gasteiger charge is -2.35. The Morgan fingerprint density at radius 1 is 1.14 bits per heavy atom. The first kappa shape index (κ1) is 16.0. The van der Waals surface area contributed by atoms with Gasteiger partial charge in [-0.05, 0) is 49.3 Å². The van der Waals surface area contributed by atoms with Gasteiger partial charge in [-0.1, -0.05) is 11.6 Å². The van der Waals surface area contributed by atoms with Crippen LogP contribution in [0.2, 0.25) is 5.02 Å². The first-order chi connectivity index (χ1) is 10.5. The maximum atomic E-state index is 12.6. The Bertz CT molecular complexity index is 651. The number of rotatable bonds is 3. The van der Waals surface area contributed by atoms with Crippen LogP contribution in [0.5, 0.6) is 0 Å². The number of halogens is 1. The van der Waals surface area contributed by atoms with Gasteiger partial charge >= 0.3 is 0 Å². The SMILES string of the molecule is O=S(=O)(c1ccc(Cl)cc1)N1CCN(C(=S)NC2CC2)CC1. The van der Waals surface area contributed by atoms with E-state index in [1.54, 1.807) is 24.3 Å². The van der Waals surface area contributed by atoms with E-state index in [4.69, 9.17) is 23.8 Å². The van der Waals surface area contributed by atoms with Crippen LogP contribution in [0, 0.1) is 0 Å². The first-order valence-corrected chi connectivity index (χ1v) is 9.50. The molecule has 1 heterocycles. The monoisotopic (exact) mass is 359 g/mol. The van der Waals surface area contributed by atoms with Crippen LogP contribution >= 0.6 is 23.8 Å². The van der Waals surface area contributed by atoms with Gasteiger partial charge in [0.15, 0.2) is 5.11 Å². The molecule has 0 amide bonds. The fraction of sp³-hybridized carbons (Fsp3) is 0.500. The molecule has 1 saturated heterocycles. The summed E-state index contributed by atoms with van der Waals surface area (Å²) in [5.74, 6) is 0. The van der Waals surface area contributed by atoms with Crippen LogP contribution in [0.15, 0.2) is 29.2 Å². The lowest BCUT2D eigenvalue weighted by Crippen LogP contribution is -2.53. The van der Waals surface area contributed by atoms with E-state index in [2.05, 4.69) is 5.32 Å². The van der Waals surface area contributed by atoms with Gasteiger partial charge in [0.1, 0.15) is 0 Å². The zero-order chi connectivity index (χ0) is 15.7. The van der Waals surface area contributed by atoms with E-state index < -0.39 is 10.0 Å². The Hall–Kier alpha value is -0.890. The maximum absolute atomic E-state index is 12.6. The van der Waals surface area contributed by atoms with Crippen molar-refractivity contribution in [3.63, 3.8) is 0 Å². The third-order valence-electron chi connectivity index (χ3n) is 3.88. The van der Waals surface area contributed by atoms with E-state index in [0.717, 1.165) is 5.11 Å². The molecule has 1 aliphatic heterocycles. The Morgan fingerprint density at radius 2 is 1.73 bits per heavy atom. The Morgan fingerprint density at radius 3 is 2.27 bits per heavy atom. The van der Waals surface area contributed by atoms with Crippen molar-refractivity contribution in [2.24, 2.45) is 0 Å². The minimum atomic E-state index is -3.45. The highest BCUT2D eigenvalue weighted by Crippen LogP contribution is 2.21. The molecule has 3 rings (SSSR count). The molecule has 8 heteroatoms. The number of thiocarbonyl (C=S) groups is 1. The number of sulfonamides is 1. The molecule has 2 aliphatic rings. The van der Waals surface area contributed by atoms with Crippen LogP contribution in [0.25, 0.3) is 0 Å². The van der Waals surface area contributed by atoms with Crippen molar-refractivity contribution in [1.82, 2.24) is 14.5 Å². The third-order valence-corrected chi connectivity index (χ3v) is 6.42. The van der Waals surface area contributed by atoms with Gasteiger partial charge in [0.2, 0.25) is 10.0 Å². The maximum Gasteiger partial charge on any atom is 0.243 e. The number of hydrogen-bond donors (Lipinski definition) is 1. The summed E-state index contributed by atoms with van der Waals surface area (Å²) in [7, 11) is -3.45. The van der Waals surface area contributed by atoms with Crippen molar-refractivity contribution in [3.8, 4) is 0 Å². The van der Waals surface area contributed by atoms with Crippen LogP contribution in [0.1, 0.15) is 12.8 Å². The number of nitrogens with zero attached hydrogens (tertiary/aromatic N) is 2. The Balaban J connectivity index is 1.62. The molecule has 120 valence electrons. The van der Waals surface area contributed by atoms with Crippen molar-refractivity contribution < 1.29 is 8.42 Å². The third kappa shape index (κ3) is 3.53. The molecule has 1 aromatic carbocycles. The second kappa shape index (κ2) is 6.31. The quantitative estimate of drug-likeness (QED) is 0.832. The molecule has 1 N–H and O–H groups in total. The summed E-state index contributed by atoms with van der Waals surface area (Å²) < 4.78 is 26.7. The summed E-state index contributed by atoms with van der Waals surface area (Å²) in [6, 6.07) is 6.80. The van der Waals surface area contributed by atoms with E-state index in [1.165, 1.54) is 17.1 Å². The fourth-order valence-electron chi connectivity index (χ4n) is 2.38. The summed E-state index contributed by atoms with van der Waals surface area (Å²) in [5.41, 5.74) is 0. The van der Waals surface area contributed by atoms with E-state index in [1.807, 2.05) is 4.90 Å². The minimum absolute atomic E-state index is 0.282. The molecule has 0 unspecified atom stereocenters. The number of piperazine rings is 1. The van der Waals surface area contributed by atoms with Gasteiger partial charge in [-0.25, -0.2) is 8.42 Å². The molecule has 1 aromatic rings. The average molecular weight is 360 g/mol. The summed E-state index contributed by atoms with van der Waals surface area (Å²) in [6.45, 7) is 2.12. The zero-order valence-corrected chi connectivity index (χ0v) is 14.4. The van der Waals surface area contributed by atoms with Gasteiger partial charge < -0.3 is 10.2 Å². The van der Waals surface area contributed by atoms with Crippen LogP contribution in [0.4, 0.5) is 0 Å². The van der Waals surface area contributed by atoms with Gasteiger partial charge in [-0.15, -0.1) is 0 Å². The first-order valence-electron chi connectivity index (χ1n) is 7.28. The number of hydrogen-bond acceptors (Lipinski definition) is 3. The van der Waals surface area contributed by atoms with E-state index >= 15 is 0 Å². The van der Waals surface area contributed by atoms with Crippen molar-refractivity contribution in [2.75, 3.05) is 26.2 Å². The summed E-state index contributed by atoms with van der Waals surface area (Å²) in [6.07, 6.45) is 2.34. The minimum Gasteiger partial charge on any atom is -0.360 e. The molecular weight excluding hydrogens is 342 g/mol. The standard InChI is InChI=1S/C14H18ClN3O2S2/c15-11-1-5-13(6-2-11)22(19,20)18-9-7-17(8-10-18)14(21)16-12-3-4-12/h1-2,5-6,12H,3-4,7-10H2,(H,16,21). The van der Waals surface area contributed by atoms with Crippen molar-refractivity contribution >= 4 is 39.0 Å². The summed E-state index contributed by atoms with van der Waals surface area (Å²) >= 11 is 11.2. The average Bonchev–Trinajstić information content (AvgIpc) is 3.32. The largest absolute Gasteiger partial charge is 0.360 e. The van der Waals surface area contributed by atoms with Gasteiger partial charge in [0, 0.05) is 37.2 Å². The molecule has 22 heavy (non-hydrogen) atoms. The highest BCUT2D eigenvalue weighted by atomic mass is 35.5. The van der Waals surface area contributed by atoms with Crippen LogP contribution in [-0.4, -0.2) is 55.0 Å². The molecular formula is C14H18ClN3O2S2. The van der Waals surface area contributed by atoms with Gasteiger partial charge in [-0.3, -0.25) is 0 Å². The normalized spacial score (nSPS) is 20.0. The second-order valence-corrected chi connectivity index (χ2v) is 8.33. The topological polar surface area (TPSA) is 52.7 Å². The summed E-state index contributed by atoms with van der Waals surface area (Å²) in [5, 5.41) is 4.56. The molecule has 2 fully saturated rings.